The number of nitrogens with zero attached hydrogens (tertiary/aromatic N) is 2. The molecule has 0 aromatic heterocycles. The molecule has 2 aromatic rings. The van der Waals surface area contributed by atoms with Gasteiger partial charge in [0.25, 0.3) is 11.8 Å². The zero-order chi connectivity index (χ0) is 19.7. The second-order valence-electron chi connectivity index (χ2n) is 6.99. The van der Waals surface area contributed by atoms with E-state index in [0.717, 1.165) is 10.5 Å². The number of anilines is 1. The van der Waals surface area contributed by atoms with E-state index in [1.807, 2.05) is 37.3 Å². The molecule has 28 heavy (non-hydrogen) atoms. The number of fused-ring (bicyclic) bond motifs is 1. The van der Waals surface area contributed by atoms with E-state index in [1.54, 1.807) is 24.3 Å². The average Bonchev–Trinajstić information content (AvgIpc) is 3.12. The molecule has 7 heteroatoms. The average molecular weight is 379 g/mol. The molecule has 2 heterocycles. The van der Waals surface area contributed by atoms with Crippen molar-refractivity contribution in [2.45, 2.75) is 25.4 Å². The highest BCUT2D eigenvalue weighted by Gasteiger charge is 2.49. The van der Waals surface area contributed by atoms with Gasteiger partial charge in [0.2, 0.25) is 0 Å². The van der Waals surface area contributed by atoms with Gasteiger partial charge in [-0.15, -0.1) is 0 Å². The number of para-hydroxylation sites is 1. The van der Waals surface area contributed by atoms with Gasteiger partial charge in [-0.25, -0.2) is 9.69 Å². The van der Waals surface area contributed by atoms with Gasteiger partial charge in [0.15, 0.2) is 6.61 Å². The second kappa shape index (κ2) is 7.34. The summed E-state index contributed by atoms with van der Waals surface area (Å²) in [5.74, 6) is -0.0657. The molecule has 0 aliphatic carbocycles. The summed E-state index contributed by atoms with van der Waals surface area (Å²) >= 11 is 0. The van der Waals surface area contributed by atoms with Crippen molar-refractivity contribution in [3.05, 3.63) is 60.2 Å². The predicted octanol–water partition coefficient (Wildman–Crippen LogP) is 2.10. The first kappa shape index (κ1) is 18.0. The molecule has 2 aliphatic heterocycles. The Balaban J connectivity index is 1.51. The summed E-state index contributed by atoms with van der Waals surface area (Å²) in [6.07, 6.45) is 0.543. The van der Waals surface area contributed by atoms with Crippen molar-refractivity contribution in [3.63, 3.8) is 0 Å². The maximum Gasteiger partial charge on any atom is 0.329 e. The number of carbonyl (C=O) groups is 3. The number of nitrogens with one attached hydrogen (secondary N) is 1. The minimum Gasteiger partial charge on any atom is -0.484 e. The molecule has 2 aliphatic rings. The van der Waals surface area contributed by atoms with Crippen molar-refractivity contribution < 1.29 is 19.1 Å². The lowest BCUT2D eigenvalue weighted by molar-refractivity contribution is -0.139. The van der Waals surface area contributed by atoms with Gasteiger partial charge in [0.1, 0.15) is 11.8 Å². The van der Waals surface area contributed by atoms with Gasteiger partial charge < -0.3 is 15.0 Å². The standard InChI is InChI=1S/C21H21N3O4/c1-14-7-9-15(10-8-14)24-20(26)19-17(22-21(24)27)11-12-23(19)18(25)13-28-16-5-3-2-4-6-16/h2-10,17,19H,11-13H2,1H3,(H,22,27)/t17-,19+/m1/s1. The fourth-order valence-electron chi connectivity index (χ4n) is 3.67. The van der Waals surface area contributed by atoms with Crippen molar-refractivity contribution >= 4 is 23.5 Å². The summed E-state index contributed by atoms with van der Waals surface area (Å²) in [5.41, 5.74) is 1.52. The van der Waals surface area contributed by atoms with Crippen molar-refractivity contribution in [2.24, 2.45) is 0 Å². The summed E-state index contributed by atoms with van der Waals surface area (Å²) in [5, 5.41) is 2.86. The Morgan fingerprint density at radius 2 is 1.82 bits per heavy atom. The maximum atomic E-state index is 13.1. The van der Waals surface area contributed by atoms with Gasteiger partial charge in [-0.2, -0.15) is 0 Å². The maximum absolute atomic E-state index is 13.1. The van der Waals surface area contributed by atoms with Crippen LogP contribution in [0.2, 0.25) is 0 Å². The quantitative estimate of drug-likeness (QED) is 0.882. The SMILES string of the molecule is Cc1ccc(N2C(=O)N[C@@H]3CCN(C(=O)COc4ccccc4)[C@@H]3C2=O)cc1. The highest BCUT2D eigenvalue weighted by atomic mass is 16.5. The summed E-state index contributed by atoms with van der Waals surface area (Å²) in [6.45, 7) is 2.18. The number of hydrogen-bond donors (Lipinski definition) is 1. The Morgan fingerprint density at radius 1 is 1.11 bits per heavy atom. The van der Waals surface area contributed by atoms with E-state index in [1.165, 1.54) is 4.90 Å². The number of benzene rings is 2. The topological polar surface area (TPSA) is 79.0 Å². The Labute approximate surface area is 162 Å². The van der Waals surface area contributed by atoms with Gasteiger partial charge in [0, 0.05) is 6.54 Å². The number of amides is 4. The molecule has 0 spiro atoms. The van der Waals surface area contributed by atoms with Gasteiger partial charge in [-0.3, -0.25) is 9.59 Å². The highest BCUT2D eigenvalue weighted by molar-refractivity contribution is 6.19. The number of ether oxygens (including phenoxy) is 1. The summed E-state index contributed by atoms with van der Waals surface area (Å²) in [7, 11) is 0. The van der Waals surface area contributed by atoms with Crippen LogP contribution in [-0.2, 0) is 9.59 Å². The van der Waals surface area contributed by atoms with Crippen LogP contribution in [0.3, 0.4) is 0 Å². The number of likely N-dealkylation sites (tertiary alicyclic amines) is 1. The van der Waals surface area contributed by atoms with Gasteiger partial charge in [-0.1, -0.05) is 35.9 Å². The predicted molar refractivity (Wildman–Crippen MR) is 103 cm³/mol. The Bertz CT molecular complexity index is 898. The van der Waals surface area contributed by atoms with Crippen molar-refractivity contribution in [2.75, 3.05) is 18.1 Å². The largest absolute Gasteiger partial charge is 0.484 e. The van der Waals surface area contributed by atoms with E-state index in [2.05, 4.69) is 5.32 Å². The van der Waals surface area contributed by atoms with Crippen molar-refractivity contribution in [1.29, 1.82) is 0 Å². The monoisotopic (exact) mass is 379 g/mol. The summed E-state index contributed by atoms with van der Waals surface area (Å²) in [6, 6.07) is 14.6. The van der Waals surface area contributed by atoms with E-state index >= 15 is 0 Å². The minimum atomic E-state index is -0.717. The van der Waals surface area contributed by atoms with Gasteiger partial charge in [0.05, 0.1) is 11.7 Å². The van der Waals surface area contributed by atoms with E-state index in [9.17, 15) is 14.4 Å². The number of aryl methyl sites for hydroxylation is 1. The lowest BCUT2D eigenvalue weighted by Crippen LogP contribution is -2.65. The molecule has 144 valence electrons. The Kier molecular flexibility index (Phi) is 4.73. The van der Waals surface area contributed by atoms with Gasteiger partial charge >= 0.3 is 6.03 Å². The molecule has 0 bridgehead atoms. The molecule has 2 atom stereocenters. The lowest BCUT2D eigenvalue weighted by atomic mass is 10.0. The fraction of sp³-hybridized carbons (Fsp3) is 0.286. The fourth-order valence-corrected chi connectivity index (χ4v) is 3.67. The highest BCUT2D eigenvalue weighted by Crippen LogP contribution is 2.28. The third-order valence-electron chi connectivity index (χ3n) is 5.10. The third kappa shape index (κ3) is 3.31. The molecule has 4 rings (SSSR count). The van der Waals surface area contributed by atoms with Crippen LogP contribution in [0.5, 0.6) is 5.75 Å². The third-order valence-corrected chi connectivity index (χ3v) is 5.10. The van der Waals surface area contributed by atoms with E-state index in [-0.39, 0.29) is 24.5 Å². The molecule has 0 radical (unpaired) electrons. The molecule has 0 saturated carbocycles. The van der Waals surface area contributed by atoms with E-state index in [0.29, 0.717) is 24.4 Å². The molecule has 7 nitrogen and oxygen atoms in total. The smallest absolute Gasteiger partial charge is 0.329 e. The normalized spacial score (nSPS) is 21.3. The molecule has 4 amide bonds. The number of imide groups is 1. The van der Waals surface area contributed by atoms with Crippen LogP contribution in [0.25, 0.3) is 0 Å². The van der Waals surface area contributed by atoms with Crippen molar-refractivity contribution in [3.8, 4) is 5.75 Å². The van der Waals surface area contributed by atoms with Crippen molar-refractivity contribution in [1.82, 2.24) is 10.2 Å². The molecule has 0 unspecified atom stereocenters. The molecule has 2 saturated heterocycles. The zero-order valence-electron chi connectivity index (χ0n) is 15.5. The number of carbonyl (C=O) groups excluding carboxylic acids is 3. The molecular weight excluding hydrogens is 358 g/mol. The number of hydrogen-bond acceptors (Lipinski definition) is 4. The van der Waals surface area contributed by atoms with Crippen LogP contribution >= 0.6 is 0 Å². The number of rotatable bonds is 4. The van der Waals surface area contributed by atoms with Crippen LogP contribution in [0, 0.1) is 6.92 Å². The molecule has 1 N–H and O–H groups in total. The van der Waals surface area contributed by atoms with Crippen LogP contribution in [0.15, 0.2) is 54.6 Å². The van der Waals surface area contributed by atoms with Gasteiger partial charge in [-0.05, 0) is 37.6 Å². The molecule has 2 fully saturated rings. The first-order valence-corrected chi connectivity index (χ1v) is 9.23. The molecular formula is C21H21N3O4. The first-order chi connectivity index (χ1) is 13.5. The number of urea groups is 1. The summed E-state index contributed by atoms with van der Waals surface area (Å²) in [4.78, 5) is 40.9. The van der Waals surface area contributed by atoms with Crippen LogP contribution in [-0.4, -0.2) is 48.0 Å². The first-order valence-electron chi connectivity index (χ1n) is 9.23. The van der Waals surface area contributed by atoms with Crippen LogP contribution < -0.4 is 15.0 Å². The minimum absolute atomic E-state index is 0.154. The summed E-state index contributed by atoms with van der Waals surface area (Å²) < 4.78 is 5.54. The molecule has 2 aromatic carbocycles. The Morgan fingerprint density at radius 3 is 2.54 bits per heavy atom. The lowest BCUT2D eigenvalue weighted by Gasteiger charge is -2.36. The van der Waals surface area contributed by atoms with Crippen LogP contribution in [0.4, 0.5) is 10.5 Å². The zero-order valence-corrected chi connectivity index (χ0v) is 15.5. The van der Waals surface area contributed by atoms with E-state index < -0.39 is 12.1 Å². The van der Waals surface area contributed by atoms with E-state index in [4.69, 9.17) is 4.74 Å². The Hall–Kier alpha value is -3.35. The van der Waals surface area contributed by atoms with Crippen LogP contribution in [0.1, 0.15) is 12.0 Å². The second-order valence-corrected chi connectivity index (χ2v) is 6.99.